The third-order valence-corrected chi connectivity index (χ3v) is 1.39. The van der Waals surface area contributed by atoms with Crippen molar-refractivity contribution >= 4 is 23.2 Å². The van der Waals surface area contributed by atoms with Gasteiger partial charge in [0.25, 0.3) is 0 Å². The molecule has 0 aliphatic carbocycles. The number of rotatable bonds is 4. The minimum atomic E-state index is 0.239. The average molecular weight is 184 g/mol. The van der Waals surface area contributed by atoms with Crippen LogP contribution in [0.1, 0.15) is 0 Å². The van der Waals surface area contributed by atoms with Crippen LogP contribution >= 0.6 is 23.2 Å². The van der Waals surface area contributed by atoms with Crippen LogP contribution in [0.5, 0.6) is 0 Å². The second kappa shape index (κ2) is 5.83. The first-order valence-electron chi connectivity index (χ1n) is 2.90. The molecule has 0 saturated heterocycles. The van der Waals surface area contributed by atoms with Gasteiger partial charge in [0.15, 0.2) is 5.22 Å². The van der Waals surface area contributed by atoms with E-state index < -0.39 is 0 Å². The molecule has 0 aliphatic heterocycles. The van der Waals surface area contributed by atoms with Crippen LogP contribution in [-0.4, -0.2) is 32.1 Å². The van der Waals surface area contributed by atoms with Gasteiger partial charge in [-0.3, -0.25) is 0 Å². The van der Waals surface area contributed by atoms with E-state index in [1.54, 1.807) is 0 Å². The van der Waals surface area contributed by atoms with Crippen LogP contribution in [0.15, 0.2) is 10.8 Å². The van der Waals surface area contributed by atoms with Gasteiger partial charge in [0.1, 0.15) is 6.61 Å². The highest BCUT2D eigenvalue weighted by atomic mass is 35.5. The standard InChI is InChI=1S/C6H11Cl2NO/c1-9(2)3-4-10-6(8)5-7/h5H,3-4H2,1-2H3/b6-5+. The van der Waals surface area contributed by atoms with Crippen molar-refractivity contribution in [2.24, 2.45) is 0 Å². The monoisotopic (exact) mass is 183 g/mol. The minimum absolute atomic E-state index is 0.239. The van der Waals surface area contributed by atoms with Crippen LogP contribution in [0, 0.1) is 0 Å². The van der Waals surface area contributed by atoms with Gasteiger partial charge in [0.2, 0.25) is 0 Å². The molecule has 0 aromatic rings. The predicted octanol–water partition coefficient (Wildman–Crippen LogP) is 1.84. The summed E-state index contributed by atoms with van der Waals surface area (Å²) in [5.41, 5.74) is 1.21. The average Bonchev–Trinajstić information content (AvgIpc) is 1.87. The Labute approximate surface area is 71.4 Å². The third-order valence-electron chi connectivity index (χ3n) is 0.864. The lowest BCUT2D eigenvalue weighted by molar-refractivity contribution is 0.202. The van der Waals surface area contributed by atoms with Crippen LogP contribution in [0.25, 0.3) is 0 Å². The maximum absolute atomic E-state index is 5.44. The van der Waals surface area contributed by atoms with Crippen LogP contribution in [0.2, 0.25) is 0 Å². The summed E-state index contributed by atoms with van der Waals surface area (Å²) in [4.78, 5) is 2.00. The van der Waals surface area contributed by atoms with E-state index in [2.05, 4.69) is 0 Å². The van der Waals surface area contributed by atoms with E-state index in [9.17, 15) is 0 Å². The van der Waals surface area contributed by atoms with E-state index in [1.165, 1.54) is 5.54 Å². The molecule has 0 radical (unpaired) electrons. The van der Waals surface area contributed by atoms with Gasteiger partial charge in [0.05, 0.1) is 5.54 Å². The molecule has 10 heavy (non-hydrogen) atoms. The Morgan fingerprint density at radius 3 is 2.60 bits per heavy atom. The Balaban J connectivity index is 3.20. The topological polar surface area (TPSA) is 12.5 Å². The van der Waals surface area contributed by atoms with Crippen molar-refractivity contribution < 1.29 is 4.74 Å². The number of nitrogens with zero attached hydrogens (tertiary/aromatic N) is 1. The Morgan fingerprint density at radius 2 is 2.20 bits per heavy atom. The van der Waals surface area contributed by atoms with Gasteiger partial charge in [-0.1, -0.05) is 11.6 Å². The van der Waals surface area contributed by atoms with Crippen LogP contribution in [0.3, 0.4) is 0 Å². The molecule has 0 aromatic heterocycles. The molecule has 0 amide bonds. The van der Waals surface area contributed by atoms with Crippen molar-refractivity contribution in [3.63, 3.8) is 0 Å². The molecule has 0 unspecified atom stereocenters. The zero-order valence-corrected chi connectivity index (χ0v) is 7.61. The largest absolute Gasteiger partial charge is 0.481 e. The van der Waals surface area contributed by atoms with Gasteiger partial charge >= 0.3 is 0 Å². The maximum Gasteiger partial charge on any atom is 0.198 e. The van der Waals surface area contributed by atoms with Gasteiger partial charge in [-0.2, -0.15) is 0 Å². The Morgan fingerprint density at radius 1 is 1.60 bits per heavy atom. The van der Waals surface area contributed by atoms with Crippen molar-refractivity contribution in [3.05, 3.63) is 10.8 Å². The summed E-state index contributed by atoms with van der Waals surface area (Å²) in [7, 11) is 3.92. The fourth-order valence-electron chi connectivity index (χ4n) is 0.357. The highest BCUT2D eigenvalue weighted by Crippen LogP contribution is 2.03. The Kier molecular flexibility index (Phi) is 5.88. The van der Waals surface area contributed by atoms with Gasteiger partial charge < -0.3 is 9.64 Å². The summed E-state index contributed by atoms with van der Waals surface area (Å²) in [6, 6.07) is 0. The highest BCUT2D eigenvalue weighted by molar-refractivity contribution is 6.35. The third kappa shape index (κ3) is 6.20. The second-order valence-corrected chi connectivity index (χ2v) is 2.66. The molecule has 0 atom stereocenters. The minimum Gasteiger partial charge on any atom is -0.481 e. The molecular weight excluding hydrogens is 173 g/mol. The van der Waals surface area contributed by atoms with E-state index in [0.717, 1.165) is 6.54 Å². The number of hydrogen-bond acceptors (Lipinski definition) is 2. The summed E-state index contributed by atoms with van der Waals surface area (Å²) in [5, 5.41) is 0.239. The van der Waals surface area contributed by atoms with E-state index in [1.807, 2.05) is 19.0 Å². The van der Waals surface area contributed by atoms with Crippen LogP contribution in [0.4, 0.5) is 0 Å². The SMILES string of the molecule is CN(C)CCO/C(Cl)=C/Cl. The predicted molar refractivity (Wildman–Crippen MR) is 44.3 cm³/mol. The molecule has 0 rings (SSSR count). The first-order chi connectivity index (χ1) is 4.66. The van der Waals surface area contributed by atoms with Crippen molar-refractivity contribution in [3.8, 4) is 0 Å². The molecule has 0 saturated carbocycles. The molecular formula is C6H11Cl2NO. The molecule has 0 N–H and O–H groups in total. The number of likely N-dealkylation sites (N-methyl/N-ethyl adjacent to an activating group) is 1. The lowest BCUT2D eigenvalue weighted by Gasteiger charge is -2.09. The lowest BCUT2D eigenvalue weighted by atomic mass is 10.6. The first kappa shape index (κ1) is 10.1. The van der Waals surface area contributed by atoms with E-state index in [0.29, 0.717) is 6.61 Å². The molecule has 4 heteroatoms. The molecule has 0 heterocycles. The molecule has 0 bridgehead atoms. The molecule has 0 spiro atoms. The quantitative estimate of drug-likeness (QED) is 0.618. The summed E-state index contributed by atoms with van der Waals surface area (Å²) in [5.74, 6) is 0. The summed E-state index contributed by atoms with van der Waals surface area (Å²) in [6.45, 7) is 1.40. The Hall–Kier alpha value is 0.0800. The van der Waals surface area contributed by atoms with E-state index >= 15 is 0 Å². The zero-order chi connectivity index (χ0) is 7.98. The fourth-order valence-corrected chi connectivity index (χ4v) is 0.497. The molecule has 0 aliphatic rings. The number of hydrogen-bond donors (Lipinski definition) is 0. The summed E-state index contributed by atoms with van der Waals surface area (Å²) in [6.07, 6.45) is 0. The number of ether oxygens (including phenoxy) is 1. The molecule has 2 nitrogen and oxygen atoms in total. The fraction of sp³-hybridized carbons (Fsp3) is 0.667. The smallest absolute Gasteiger partial charge is 0.198 e. The van der Waals surface area contributed by atoms with Gasteiger partial charge in [-0.05, 0) is 25.7 Å². The normalized spacial score (nSPS) is 12.3. The number of halogens is 2. The lowest BCUT2D eigenvalue weighted by Crippen LogP contribution is -2.17. The zero-order valence-electron chi connectivity index (χ0n) is 6.10. The molecule has 0 aromatic carbocycles. The van der Waals surface area contributed by atoms with Crippen LogP contribution < -0.4 is 0 Å². The van der Waals surface area contributed by atoms with Gasteiger partial charge in [0, 0.05) is 6.54 Å². The van der Waals surface area contributed by atoms with Crippen LogP contribution in [-0.2, 0) is 4.74 Å². The Bertz CT molecular complexity index is 114. The van der Waals surface area contributed by atoms with Gasteiger partial charge in [-0.15, -0.1) is 0 Å². The van der Waals surface area contributed by atoms with Crippen molar-refractivity contribution in [2.45, 2.75) is 0 Å². The van der Waals surface area contributed by atoms with Crippen molar-refractivity contribution in [2.75, 3.05) is 27.2 Å². The molecule has 0 fully saturated rings. The highest BCUT2D eigenvalue weighted by Gasteiger charge is 1.92. The van der Waals surface area contributed by atoms with E-state index in [4.69, 9.17) is 27.9 Å². The first-order valence-corrected chi connectivity index (χ1v) is 3.71. The van der Waals surface area contributed by atoms with Gasteiger partial charge in [-0.25, -0.2) is 0 Å². The maximum atomic E-state index is 5.44. The summed E-state index contributed by atoms with van der Waals surface area (Å²) >= 11 is 10.7. The van der Waals surface area contributed by atoms with Crippen molar-refractivity contribution in [1.82, 2.24) is 4.90 Å². The van der Waals surface area contributed by atoms with E-state index in [-0.39, 0.29) is 5.22 Å². The summed E-state index contributed by atoms with van der Waals surface area (Å²) < 4.78 is 4.95. The second-order valence-electron chi connectivity index (χ2n) is 2.06. The van der Waals surface area contributed by atoms with Crippen molar-refractivity contribution in [1.29, 1.82) is 0 Å². The molecule has 60 valence electrons.